The van der Waals surface area contributed by atoms with Gasteiger partial charge >= 0.3 is 6.03 Å². The summed E-state index contributed by atoms with van der Waals surface area (Å²) >= 11 is 0. The van der Waals surface area contributed by atoms with Crippen LogP contribution in [0.5, 0.6) is 0 Å². The molecule has 3 amide bonds. The van der Waals surface area contributed by atoms with Crippen LogP contribution in [0, 0.1) is 13.8 Å². The van der Waals surface area contributed by atoms with E-state index >= 15 is 0 Å². The van der Waals surface area contributed by atoms with Gasteiger partial charge in [0.1, 0.15) is 5.54 Å². The maximum absolute atomic E-state index is 12.6. The maximum atomic E-state index is 12.6. The highest BCUT2D eigenvalue weighted by Crippen LogP contribution is 2.19. The molecule has 1 saturated heterocycles. The second-order valence-corrected chi connectivity index (χ2v) is 8.98. The van der Waals surface area contributed by atoms with Crippen molar-refractivity contribution in [2.45, 2.75) is 44.6 Å². The number of carbonyl (C=O) groups excluding carboxylic acids is 2. The van der Waals surface area contributed by atoms with Crippen LogP contribution in [0.15, 0.2) is 23.1 Å². The number of benzene rings is 1. The van der Waals surface area contributed by atoms with Gasteiger partial charge in [0.15, 0.2) is 0 Å². The molecule has 0 saturated carbocycles. The first kappa shape index (κ1) is 19.4. The van der Waals surface area contributed by atoms with Crippen molar-refractivity contribution in [3.8, 4) is 0 Å². The normalized spacial score (nSPS) is 17.3. The number of carbonyl (C=O) groups is 2. The molecule has 1 aromatic carbocycles. The number of urea groups is 1. The van der Waals surface area contributed by atoms with Gasteiger partial charge in [-0.15, -0.1) is 0 Å². The second-order valence-electron chi connectivity index (χ2n) is 6.94. The van der Waals surface area contributed by atoms with Crippen LogP contribution in [0.25, 0.3) is 0 Å². The molecule has 1 aliphatic rings. The van der Waals surface area contributed by atoms with Crippen LogP contribution in [-0.2, 0) is 14.8 Å². The Kier molecular flexibility index (Phi) is 5.24. The molecule has 1 fully saturated rings. The highest BCUT2D eigenvalue weighted by Gasteiger charge is 2.43. The largest absolute Gasteiger partial charge is 0.325 e. The molecule has 0 aliphatic carbocycles. The zero-order valence-electron chi connectivity index (χ0n) is 15.3. The lowest BCUT2D eigenvalue weighted by Crippen LogP contribution is -2.40. The Morgan fingerprint density at radius 2 is 1.80 bits per heavy atom. The number of nitrogens with zero attached hydrogens (tertiary/aromatic N) is 2. The summed E-state index contributed by atoms with van der Waals surface area (Å²) in [5.74, 6) is -0.294. The van der Waals surface area contributed by atoms with E-state index in [0.29, 0.717) is 6.42 Å². The number of rotatable bonds is 6. The highest BCUT2D eigenvalue weighted by molar-refractivity contribution is 7.89. The van der Waals surface area contributed by atoms with E-state index < -0.39 is 21.6 Å². The van der Waals surface area contributed by atoms with Crippen LogP contribution >= 0.6 is 0 Å². The Bertz CT molecular complexity index is 802. The Morgan fingerprint density at radius 3 is 2.32 bits per heavy atom. The summed E-state index contributed by atoms with van der Waals surface area (Å²) in [6, 6.07) is 4.59. The minimum atomic E-state index is -3.59. The standard InChI is InChI=1S/C17H25N3O4S/c1-12-7-8-14(11-13(12)2)25(23,24)19(5)9-6-10-20-15(21)17(3,4)18-16(20)22/h7-8,11H,6,9-10H2,1-5H3,(H,18,22). The van der Waals surface area contributed by atoms with E-state index in [2.05, 4.69) is 5.32 Å². The van der Waals surface area contributed by atoms with E-state index in [-0.39, 0.29) is 23.9 Å². The third-order valence-electron chi connectivity index (χ3n) is 4.49. The topological polar surface area (TPSA) is 86.8 Å². The van der Waals surface area contributed by atoms with Gasteiger partial charge in [0.2, 0.25) is 10.0 Å². The molecule has 1 aliphatic heterocycles. The smallest absolute Gasteiger partial charge is 0.324 e. The molecular weight excluding hydrogens is 342 g/mol. The van der Waals surface area contributed by atoms with Crippen LogP contribution in [0.2, 0.25) is 0 Å². The predicted octanol–water partition coefficient (Wildman–Crippen LogP) is 1.64. The predicted molar refractivity (Wildman–Crippen MR) is 94.7 cm³/mol. The Morgan fingerprint density at radius 1 is 1.16 bits per heavy atom. The molecule has 0 spiro atoms. The lowest BCUT2D eigenvalue weighted by molar-refractivity contribution is -0.130. The summed E-state index contributed by atoms with van der Waals surface area (Å²) in [5.41, 5.74) is 1.04. The number of imide groups is 1. The summed E-state index contributed by atoms with van der Waals surface area (Å²) in [4.78, 5) is 25.3. The summed E-state index contributed by atoms with van der Waals surface area (Å²) < 4.78 is 26.5. The van der Waals surface area contributed by atoms with Crippen molar-refractivity contribution in [1.82, 2.24) is 14.5 Å². The summed E-state index contributed by atoms with van der Waals surface area (Å²) in [7, 11) is -2.09. The van der Waals surface area contributed by atoms with E-state index in [0.717, 1.165) is 16.0 Å². The molecule has 25 heavy (non-hydrogen) atoms. The zero-order chi connectivity index (χ0) is 19.0. The molecule has 2 rings (SSSR count). The van der Waals surface area contributed by atoms with Gasteiger partial charge in [0, 0.05) is 20.1 Å². The third-order valence-corrected chi connectivity index (χ3v) is 6.34. The number of sulfonamides is 1. The molecule has 8 heteroatoms. The number of aryl methyl sites for hydroxylation is 2. The Hall–Kier alpha value is -1.93. The average molecular weight is 367 g/mol. The maximum Gasteiger partial charge on any atom is 0.325 e. The summed E-state index contributed by atoms with van der Waals surface area (Å²) in [6.07, 6.45) is 0.371. The van der Waals surface area contributed by atoms with Crippen LogP contribution in [0.1, 0.15) is 31.4 Å². The van der Waals surface area contributed by atoms with Gasteiger partial charge in [-0.1, -0.05) is 6.07 Å². The summed E-state index contributed by atoms with van der Waals surface area (Å²) in [5, 5.41) is 2.60. The van der Waals surface area contributed by atoms with E-state index in [9.17, 15) is 18.0 Å². The Balaban J connectivity index is 2.00. The quantitative estimate of drug-likeness (QED) is 0.775. The average Bonchev–Trinajstić information content (AvgIpc) is 2.71. The molecule has 0 radical (unpaired) electrons. The first-order valence-electron chi connectivity index (χ1n) is 8.14. The SMILES string of the molecule is Cc1ccc(S(=O)(=O)N(C)CCCN2C(=O)NC(C)(C)C2=O)cc1C. The van der Waals surface area contributed by atoms with E-state index in [1.165, 1.54) is 11.4 Å². The highest BCUT2D eigenvalue weighted by atomic mass is 32.2. The van der Waals surface area contributed by atoms with E-state index in [4.69, 9.17) is 0 Å². The molecule has 0 atom stereocenters. The van der Waals surface area contributed by atoms with Gasteiger partial charge in [0.05, 0.1) is 4.90 Å². The first-order valence-corrected chi connectivity index (χ1v) is 9.58. The lowest BCUT2D eigenvalue weighted by Gasteiger charge is -2.20. The van der Waals surface area contributed by atoms with Crippen molar-refractivity contribution in [3.05, 3.63) is 29.3 Å². The molecule has 7 nitrogen and oxygen atoms in total. The van der Waals surface area contributed by atoms with Crippen LogP contribution in [0.3, 0.4) is 0 Å². The number of hydrogen-bond acceptors (Lipinski definition) is 4. The van der Waals surface area contributed by atoms with Gasteiger partial charge in [-0.05, 0) is 57.4 Å². The zero-order valence-corrected chi connectivity index (χ0v) is 16.1. The van der Waals surface area contributed by atoms with E-state index in [1.807, 2.05) is 13.8 Å². The molecule has 1 N–H and O–H groups in total. The van der Waals surface area contributed by atoms with Gasteiger partial charge < -0.3 is 5.32 Å². The van der Waals surface area contributed by atoms with Crippen molar-refractivity contribution < 1.29 is 18.0 Å². The van der Waals surface area contributed by atoms with Crippen molar-refractivity contribution in [2.75, 3.05) is 20.1 Å². The van der Waals surface area contributed by atoms with Crippen LogP contribution in [0.4, 0.5) is 4.79 Å². The minimum Gasteiger partial charge on any atom is -0.324 e. The van der Waals surface area contributed by atoms with Crippen molar-refractivity contribution in [2.24, 2.45) is 0 Å². The van der Waals surface area contributed by atoms with Gasteiger partial charge in [0.25, 0.3) is 5.91 Å². The molecule has 0 unspecified atom stereocenters. The molecule has 138 valence electrons. The molecule has 0 aromatic heterocycles. The fourth-order valence-corrected chi connectivity index (χ4v) is 3.94. The van der Waals surface area contributed by atoms with Gasteiger partial charge in [-0.2, -0.15) is 0 Å². The fourth-order valence-electron chi connectivity index (χ4n) is 2.65. The third kappa shape index (κ3) is 3.85. The number of hydrogen-bond donors (Lipinski definition) is 1. The molecule has 0 bridgehead atoms. The minimum absolute atomic E-state index is 0.181. The van der Waals surface area contributed by atoms with Crippen LogP contribution < -0.4 is 5.32 Å². The van der Waals surface area contributed by atoms with Crippen molar-refractivity contribution in [3.63, 3.8) is 0 Å². The molecular formula is C17H25N3O4S. The molecule has 1 aromatic rings. The second kappa shape index (κ2) is 6.76. The monoisotopic (exact) mass is 367 g/mol. The first-order chi connectivity index (χ1) is 11.5. The van der Waals surface area contributed by atoms with Gasteiger partial charge in [-0.25, -0.2) is 17.5 Å². The van der Waals surface area contributed by atoms with Gasteiger partial charge in [-0.3, -0.25) is 9.69 Å². The van der Waals surface area contributed by atoms with Crippen LogP contribution in [-0.4, -0.2) is 55.2 Å². The lowest BCUT2D eigenvalue weighted by atomic mass is 10.1. The summed E-state index contributed by atoms with van der Waals surface area (Å²) in [6.45, 7) is 7.48. The molecule has 1 heterocycles. The van der Waals surface area contributed by atoms with E-state index in [1.54, 1.807) is 32.0 Å². The van der Waals surface area contributed by atoms with Crippen molar-refractivity contribution in [1.29, 1.82) is 0 Å². The number of amides is 3. The Labute approximate surface area is 149 Å². The van der Waals surface area contributed by atoms with Crippen molar-refractivity contribution >= 4 is 22.0 Å². The number of nitrogens with one attached hydrogen (secondary N) is 1. The fraction of sp³-hybridized carbons (Fsp3) is 0.529.